The molecule has 1 aliphatic heterocycles. The van der Waals surface area contributed by atoms with Crippen LogP contribution in [0, 0.1) is 12.8 Å². The number of amides is 2. The highest BCUT2D eigenvalue weighted by molar-refractivity contribution is 6.07. The Morgan fingerprint density at radius 2 is 1.81 bits per heavy atom. The van der Waals surface area contributed by atoms with Crippen molar-refractivity contribution in [3.63, 3.8) is 0 Å². The largest absolute Gasteiger partial charge is 0.369 e. The number of ketones is 1. The summed E-state index contributed by atoms with van der Waals surface area (Å²) in [5.74, 6) is -0.442. The first-order valence-electron chi connectivity index (χ1n) is 10.9. The van der Waals surface area contributed by atoms with Crippen LogP contribution in [0.4, 0.5) is 5.69 Å². The van der Waals surface area contributed by atoms with Crippen molar-refractivity contribution in [1.29, 1.82) is 0 Å². The van der Waals surface area contributed by atoms with E-state index in [1.807, 2.05) is 38.1 Å². The van der Waals surface area contributed by atoms with Gasteiger partial charge in [0, 0.05) is 29.4 Å². The number of carbonyl (C=O) groups excluding carboxylic acids is 3. The van der Waals surface area contributed by atoms with Crippen LogP contribution in [0.2, 0.25) is 0 Å². The molecule has 2 heterocycles. The maximum absolute atomic E-state index is 12.8. The lowest BCUT2D eigenvalue weighted by atomic mass is 9.96. The molecule has 166 valence electrons. The Kier molecular flexibility index (Phi) is 7.28. The average Bonchev–Trinajstić information content (AvgIpc) is 3.10. The predicted octanol–water partition coefficient (Wildman–Crippen LogP) is 3.08. The number of piperidine rings is 1. The first kappa shape index (κ1) is 22.7. The van der Waals surface area contributed by atoms with Crippen molar-refractivity contribution in [2.45, 2.75) is 46.5 Å². The molecule has 0 saturated carbocycles. The Morgan fingerprint density at radius 1 is 1.16 bits per heavy atom. The topological polar surface area (TPSA) is 108 Å². The zero-order chi connectivity index (χ0) is 22.5. The van der Waals surface area contributed by atoms with Crippen LogP contribution in [0.5, 0.6) is 0 Å². The summed E-state index contributed by atoms with van der Waals surface area (Å²) in [5.41, 5.74) is 9.86. The molecule has 0 unspecified atom stereocenters. The fourth-order valence-electron chi connectivity index (χ4n) is 4.38. The normalized spacial score (nSPS) is 15.1. The highest BCUT2D eigenvalue weighted by atomic mass is 16.2. The molecule has 0 bridgehead atoms. The molecule has 1 saturated heterocycles. The van der Waals surface area contributed by atoms with Crippen LogP contribution in [-0.4, -0.2) is 47.1 Å². The third-order valence-corrected chi connectivity index (χ3v) is 6.14. The standard InChI is InChI=1S/C24H32N4O3/c1-4-20-21(16(3)29)15(2)26-22(20)24(31)27-19-7-5-17(6-8-19)9-12-28-13-10-18(11-14-28)23(25)30/h5-8,18,26H,4,9-14H2,1-3H3,(H2,25,30)(H,27,31). The first-order valence-corrected chi connectivity index (χ1v) is 10.9. The molecule has 1 aliphatic rings. The molecule has 31 heavy (non-hydrogen) atoms. The Morgan fingerprint density at radius 3 is 2.35 bits per heavy atom. The molecule has 7 heteroatoms. The quantitative estimate of drug-likeness (QED) is 0.566. The molecule has 0 aliphatic carbocycles. The molecule has 0 radical (unpaired) electrons. The van der Waals surface area contributed by atoms with E-state index in [1.54, 1.807) is 0 Å². The third kappa shape index (κ3) is 5.41. The number of aryl methyl sites for hydroxylation is 1. The molecule has 7 nitrogen and oxygen atoms in total. The Bertz CT molecular complexity index is 954. The van der Waals surface area contributed by atoms with E-state index in [9.17, 15) is 14.4 Å². The molecule has 4 N–H and O–H groups in total. The van der Waals surface area contributed by atoms with E-state index in [0.29, 0.717) is 17.7 Å². The molecule has 2 amide bonds. The van der Waals surface area contributed by atoms with Gasteiger partial charge >= 0.3 is 0 Å². The van der Waals surface area contributed by atoms with Crippen LogP contribution < -0.4 is 11.1 Å². The van der Waals surface area contributed by atoms with Crippen molar-refractivity contribution in [3.05, 3.63) is 52.3 Å². The molecule has 3 rings (SSSR count). The molecule has 0 spiro atoms. The van der Waals surface area contributed by atoms with Crippen LogP contribution in [0.25, 0.3) is 0 Å². The smallest absolute Gasteiger partial charge is 0.272 e. The lowest BCUT2D eigenvalue weighted by Gasteiger charge is -2.30. The van der Waals surface area contributed by atoms with Gasteiger partial charge in [-0.15, -0.1) is 0 Å². The van der Waals surface area contributed by atoms with Crippen molar-refractivity contribution < 1.29 is 14.4 Å². The number of rotatable bonds is 8. The minimum Gasteiger partial charge on any atom is -0.369 e. The second kappa shape index (κ2) is 9.92. The molecule has 1 aromatic heterocycles. The minimum atomic E-state index is -0.238. The second-order valence-electron chi connectivity index (χ2n) is 8.31. The monoisotopic (exact) mass is 424 g/mol. The average molecular weight is 425 g/mol. The van der Waals surface area contributed by atoms with E-state index in [1.165, 1.54) is 12.5 Å². The highest BCUT2D eigenvalue weighted by Gasteiger charge is 2.23. The van der Waals surface area contributed by atoms with Crippen molar-refractivity contribution in [2.24, 2.45) is 11.7 Å². The summed E-state index contributed by atoms with van der Waals surface area (Å²) in [6.07, 6.45) is 3.19. The van der Waals surface area contributed by atoms with Gasteiger partial charge in [0.1, 0.15) is 5.69 Å². The van der Waals surface area contributed by atoms with Gasteiger partial charge in [0.25, 0.3) is 5.91 Å². The second-order valence-corrected chi connectivity index (χ2v) is 8.31. The van der Waals surface area contributed by atoms with Crippen molar-refractivity contribution in [2.75, 3.05) is 25.0 Å². The van der Waals surface area contributed by atoms with Crippen molar-refractivity contribution in [3.8, 4) is 0 Å². The van der Waals surface area contributed by atoms with Gasteiger partial charge in [-0.25, -0.2) is 0 Å². The lowest BCUT2D eigenvalue weighted by Crippen LogP contribution is -2.39. The van der Waals surface area contributed by atoms with Gasteiger partial charge < -0.3 is 20.9 Å². The van der Waals surface area contributed by atoms with Crippen LogP contribution >= 0.6 is 0 Å². The lowest BCUT2D eigenvalue weighted by molar-refractivity contribution is -0.123. The number of H-pyrrole nitrogens is 1. The number of benzene rings is 1. The van der Waals surface area contributed by atoms with Crippen molar-refractivity contribution in [1.82, 2.24) is 9.88 Å². The summed E-state index contributed by atoms with van der Waals surface area (Å²) >= 11 is 0. The molecule has 1 fully saturated rings. The van der Waals surface area contributed by atoms with Gasteiger partial charge in [-0.05, 0) is 75.9 Å². The number of Topliss-reactive ketones (excluding diaryl/α,β-unsaturated/α-hetero) is 1. The van der Waals surface area contributed by atoms with E-state index in [4.69, 9.17) is 5.73 Å². The highest BCUT2D eigenvalue weighted by Crippen LogP contribution is 2.22. The molecule has 0 atom stereocenters. The zero-order valence-corrected chi connectivity index (χ0v) is 18.6. The van der Waals surface area contributed by atoms with E-state index >= 15 is 0 Å². The van der Waals surface area contributed by atoms with Gasteiger partial charge in [-0.1, -0.05) is 19.1 Å². The van der Waals surface area contributed by atoms with E-state index in [2.05, 4.69) is 15.2 Å². The maximum atomic E-state index is 12.8. The third-order valence-electron chi connectivity index (χ3n) is 6.14. The van der Waals surface area contributed by atoms with Gasteiger partial charge in [-0.2, -0.15) is 0 Å². The summed E-state index contributed by atoms with van der Waals surface area (Å²) in [4.78, 5) is 41.4. The van der Waals surface area contributed by atoms with Crippen LogP contribution in [0.1, 0.15) is 64.4 Å². The number of likely N-dealkylation sites (tertiary alicyclic amines) is 1. The number of aromatic amines is 1. The number of carbonyl (C=O) groups is 3. The van der Waals surface area contributed by atoms with Crippen LogP contribution in [0.15, 0.2) is 24.3 Å². The zero-order valence-electron chi connectivity index (χ0n) is 18.6. The summed E-state index contributed by atoms with van der Waals surface area (Å²) in [6, 6.07) is 7.85. The first-order chi connectivity index (χ1) is 14.8. The molecule has 2 aromatic rings. The summed E-state index contributed by atoms with van der Waals surface area (Å²) in [5, 5.41) is 2.92. The number of nitrogens with zero attached hydrogens (tertiary/aromatic N) is 1. The van der Waals surface area contributed by atoms with E-state index in [-0.39, 0.29) is 23.5 Å². The fourth-order valence-corrected chi connectivity index (χ4v) is 4.38. The van der Waals surface area contributed by atoms with Crippen molar-refractivity contribution >= 4 is 23.3 Å². The number of anilines is 1. The van der Waals surface area contributed by atoms with Crippen LogP contribution in [0.3, 0.4) is 0 Å². The summed E-state index contributed by atoms with van der Waals surface area (Å²) < 4.78 is 0. The Balaban J connectivity index is 1.56. The number of primary amides is 1. The predicted molar refractivity (Wildman–Crippen MR) is 121 cm³/mol. The molecule has 1 aromatic carbocycles. The molecular formula is C24H32N4O3. The fraction of sp³-hybridized carbons (Fsp3) is 0.458. The van der Waals surface area contributed by atoms with Gasteiger partial charge in [0.2, 0.25) is 5.91 Å². The van der Waals surface area contributed by atoms with Gasteiger partial charge in [0.05, 0.1) is 0 Å². The SMILES string of the molecule is CCc1c(C(=O)Nc2ccc(CCN3CCC(C(N)=O)CC3)cc2)[nH]c(C)c1C(C)=O. The number of aromatic nitrogens is 1. The molecular weight excluding hydrogens is 392 g/mol. The van der Waals surface area contributed by atoms with Gasteiger partial charge in [-0.3, -0.25) is 14.4 Å². The van der Waals surface area contributed by atoms with Crippen LogP contribution in [-0.2, 0) is 17.6 Å². The minimum absolute atomic E-state index is 0.0161. The Labute approximate surface area is 183 Å². The van der Waals surface area contributed by atoms with E-state index in [0.717, 1.165) is 55.8 Å². The number of nitrogens with one attached hydrogen (secondary N) is 2. The number of nitrogens with two attached hydrogens (primary N) is 1. The number of hydrogen-bond donors (Lipinski definition) is 3. The van der Waals surface area contributed by atoms with E-state index < -0.39 is 0 Å². The number of hydrogen-bond acceptors (Lipinski definition) is 4. The Hall–Kier alpha value is -2.93. The van der Waals surface area contributed by atoms with Gasteiger partial charge in [0.15, 0.2) is 5.78 Å². The maximum Gasteiger partial charge on any atom is 0.272 e. The summed E-state index contributed by atoms with van der Waals surface area (Å²) in [7, 11) is 0. The summed E-state index contributed by atoms with van der Waals surface area (Å²) in [6.45, 7) is 8.02.